The Labute approximate surface area is 141 Å². The molecule has 0 aliphatic rings. The molecule has 1 amide bonds. The van der Waals surface area contributed by atoms with Gasteiger partial charge in [-0.25, -0.2) is 0 Å². The Morgan fingerprint density at radius 3 is 2.83 bits per heavy atom. The van der Waals surface area contributed by atoms with Crippen molar-refractivity contribution in [2.45, 2.75) is 32.7 Å². The lowest BCUT2D eigenvalue weighted by atomic mass is 10.1. The number of nitrogens with one attached hydrogen (secondary N) is 2. The van der Waals surface area contributed by atoms with Gasteiger partial charge in [-0.2, -0.15) is 0 Å². The Morgan fingerprint density at radius 2 is 2.12 bits per heavy atom. The van der Waals surface area contributed by atoms with Crippen molar-refractivity contribution in [3.8, 4) is 0 Å². The molecule has 2 rings (SSSR count). The third kappa shape index (κ3) is 5.31. The van der Waals surface area contributed by atoms with Crippen molar-refractivity contribution < 1.29 is 14.1 Å². The van der Waals surface area contributed by atoms with Crippen molar-refractivity contribution >= 4 is 12.2 Å². The summed E-state index contributed by atoms with van der Waals surface area (Å²) in [6.07, 6.45) is 1.53. The number of carbonyl (C=O) groups excluding carboxylic acids is 2. The summed E-state index contributed by atoms with van der Waals surface area (Å²) in [6.45, 7) is 6.08. The third-order valence-electron chi connectivity index (χ3n) is 3.57. The standard InChI is InChI=1S/C18H23N3O3/c1-13(2)17-10-16(24-21-17)11-19-7-4-8-20-18(23)15-6-3-5-14(9-15)12-22/h3,5-6,9-10,12-13,19H,4,7-8,11H2,1-2H3,(H,20,23). The van der Waals surface area contributed by atoms with Crippen molar-refractivity contribution in [3.63, 3.8) is 0 Å². The minimum Gasteiger partial charge on any atom is -0.360 e. The maximum absolute atomic E-state index is 12.0. The van der Waals surface area contributed by atoms with Gasteiger partial charge in [0.05, 0.1) is 12.2 Å². The molecule has 0 atom stereocenters. The molecule has 24 heavy (non-hydrogen) atoms. The van der Waals surface area contributed by atoms with Crippen LogP contribution in [-0.4, -0.2) is 30.4 Å². The smallest absolute Gasteiger partial charge is 0.251 e. The summed E-state index contributed by atoms with van der Waals surface area (Å²) in [5.74, 6) is 0.999. The van der Waals surface area contributed by atoms with Gasteiger partial charge in [-0.05, 0) is 31.0 Å². The Hall–Kier alpha value is -2.47. The second-order valence-corrected chi connectivity index (χ2v) is 5.90. The number of aromatic nitrogens is 1. The monoisotopic (exact) mass is 329 g/mol. The van der Waals surface area contributed by atoms with Crippen LogP contribution in [-0.2, 0) is 6.54 Å². The van der Waals surface area contributed by atoms with Gasteiger partial charge in [-0.1, -0.05) is 31.1 Å². The summed E-state index contributed by atoms with van der Waals surface area (Å²) in [4.78, 5) is 22.7. The number of rotatable bonds is 9. The average molecular weight is 329 g/mol. The SMILES string of the molecule is CC(C)c1cc(CNCCCNC(=O)c2cccc(C=O)c2)on1. The molecule has 1 aromatic carbocycles. The van der Waals surface area contributed by atoms with Crippen LogP contribution in [0.4, 0.5) is 0 Å². The van der Waals surface area contributed by atoms with Crippen LogP contribution in [0.1, 0.15) is 58.4 Å². The van der Waals surface area contributed by atoms with Gasteiger partial charge < -0.3 is 15.2 Å². The highest BCUT2D eigenvalue weighted by molar-refractivity contribution is 5.95. The van der Waals surface area contributed by atoms with Crippen LogP contribution >= 0.6 is 0 Å². The summed E-state index contributed by atoms with van der Waals surface area (Å²) in [5, 5.41) is 10.1. The van der Waals surface area contributed by atoms with Crippen LogP contribution < -0.4 is 10.6 Å². The normalized spacial score (nSPS) is 10.8. The van der Waals surface area contributed by atoms with Crippen LogP contribution in [0.3, 0.4) is 0 Å². The first-order chi connectivity index (χ1) is 11.6. The topological polar surface area (TPSA) is 84.2 Å². The van der Waals surface area contributed by atoms with Gasteiger partial charge in [-0.3, -0.25) is 9.59 Å². The zero-order valence-corrected chi connectivity index (χ0v) is 14.0. The lowest BCUT2D eigenvalue weighted by molar-refractivity contribution is 0.0953. The zero-order valence-electron chi connectivity index (χ0n) is 14.0. The molecule has 0 aliphatic heterocycles. The average Bonchev–Trinajstić information content (AvgIpc) is 3.07. The van der Waals surface area contributed by atoms with Crippen molar-refractivity contribution in [2.75, 3.05) is 13.1 Å². The van der Waals surface area contributed by atoms with Gasteiger partial charge >= 0.3 is 0 Å². The Kier molecular flexibility index (Phi) is 6.69. The molecule has 0 saturated carbocycles. The highest BCUT2D eigenvalue weighted by Gasteiger charge is 2.07. The van der Waals surface area contributed by atoms with Crippen LogP contribution in [0.15, 0.2) is 34.9 Å². The van der Waals surface area contributed by atoms with Crippen LogP contribution in [0, 0.1) is 0 Å². The number of hydrogen-bond donors (Lipinski definition) is 2. The molecule has 6 nitrogen and oxygen atoms in total. The first-order valence-electron chi connectivity index (χ1n) is 8.10. The van der Waals surface area contributed by atoms with Gasteiger partial charge in [0.1, 0.15) is 6.29 Å². The Morgan fingerprint density at radius 1 is 1.29 bits per heavy atom. The van der Waals surface area contributed by atoms with E-state index in [4.69, 9.17) is 4.52 Å². The predicted molar refractivity (Wildman–Crippen MR) is 91.1 cm³/mol. The molecule has 0 radical (unpaired) electrons. The number of hydrogen-bond acceptors (Lipinski definition) is 5. The lowest BCUT2D eigenvalue weighted by Crippen LogP contribution is -2.27. The maximum atomic E-state index is 12.0. The highest BCUT2D eigenvalue weighted by Crippen LogP contribution is 2.13. The summed E-state index contributed by atoms with van der Waals surface area (Å²) in [6, 6.07) is 8.60. The summed E-state index contributed by atoms with van der Waals surface area (Å²) < 4.78 is 5.24. The molecule has 1 heterocycles. The number of carbonyl (C=O) groups is 2. The molecular formula is C18H23N3O3. The fourth-order valence-electron chi connectivity index (χ4n) is 2.17. The third-order valence-corrected chi connectivity index (χ3v) is 3.57. The summed E-state index contributed by atoms with van der Waals surface area (Å²) >= 11 is 0. The van der Waals surface area contributed by atoms with Crippen LogP contribution in [0.25, 0.3) is 0 Å². The van der Waals surface area contributed by atoms with Gasteiger partial charge in [-0.15, -0.1) is 0 Å². The Bertz CT molecular complexity index is 680. The van der Waals surface area contributed by atoms with Crippen LogP contribution in [0.2, 0.25) is 0 Å². The van der Waals surface area contributed by atoms with Crippen molar-refractivity contribution in [3.05, 3.63) is 52.9 Å². The van der Waals surface area contributed by atoms with E-state index < -0.39 is 0 Å². The first-order valence-corrected chi connectivity index (χ1v) is 8.10. The number of aldehydes is 1. The van der Waals surface area contributed by atoms with Crippen molar-refractivity contribution in [1.29, 1.82) is 0 Å². The molecule has 0 bridgehead atoms. The number of benzene rings is 1. The Balaban J connectivity index is 1.63. The fraction of sp³-hybridized carbons (Fsp3) is 0.389. The van der Waals surface area contributed by atoms with Crippen molar-refractivity contribution in [2.24, 2.45) is 0 Å². The molecule has 128 valence electrons. The fourth-order valence-corrected chi connectivity index (χ4v) is 2.17. The molecule has 6 heteroatoms. The highest BCUT2D eigenvalue weighted by atomic mass is 16.5. The van der Waals surface area contributed by atoms with Gasteiger partial charge in [0.2, 0.25) is 0 Å². The maximum Gasteiger partial charge on any atom is 0.251 e. The minimum absolute atomic E-state index is 0.171. The second kappa shape index (κ2) is 8.98. The van der Waals surface area contributed by atoms with E-state index in [0.717, 1.165) is 30.7 Å². The van der Waals surface area contributed by atoms with E-state index in [1.54, 1.807) is 24.3 Å². The minimum atomic E-state index is -0.171. The van der Waals surface area contributed by atoms with E-state index in [9.17, 15) is 9.59 Å². The lowest BCUT2D eigenvalue weighted by Gasteiger charge is -2.06. The van der Waals surface area contributed by atoms with E-state index >= 15 is 0 Å². The molecule has 2 N–H and O–H groups in total. The molecule has 0 spiro atoms. The molecule has 0 aliphatic carbocycles. The molecule has 2 aromatic rings. The van der Waals surface area contributed by atoms with Crippen LogP contribution in [0.5, 0.6) is 0 Å². The molecule has 1 aromatic heterocycles. The molecular weight excluding hydrogens is 306 g/mol. The number of amides is 1. The quantitative estimate of drug-likeness (QED) is 0.545. The molecule has 0 saturated heterocycles. The van der Waals surface area contributed by atoms with E-state index in [1.807, 2.05) is 6.07 Å². The largest absolute Gasteiger partial charge is 0.360 e. The van der Waals surface area contributed by atoms with E-state index in [1.165, 1.54) is 0 Å². The zero-order chi connectivity index (χ0) is 17.4. The second-order valence-electron chi connectivity index (χ2n) is 5.90. The van der Waals surface area contributed by atoms with E-state index in [0.29, 0.717) is 30.1 Å². The van der Waals surface area contributed by atoms with Gasteiger partial charge in [0.25, 0.3) is 5.91 Å². The molecule has 0 fully saturated rings. The van der Waals surface area contributed by atoms with Crippen molar-refractivity contribution in [1.82, 2.24) is 15.8 Å². The first kappa shape index (κ1) is 17.9. The predicted octanol–water partition coefficient (Wildman–Crippen LogP) is 2.52. The van der Waals surface area contributed by atoms with E-state index in [2.05, 4.69) is 29.6 Å². The van der Waals surface area contributed by atoms with Gasteiger partial charge in [0, 0.05) is 23.7 Å². The van der Waals surface area contributed by atoms with E-state index in [-0.39, 0.29) is 5.91 Å². The summed E-state index contributed by atoms with van der Waals surface area (Å²) in [7, 11) is 0. The number of nitrogens with zero attached hydrogens (tertiary/aromatic N) is 1. The molecule has 0 unspecified atom stereocenters. The van der Waals surface area contributed by atoms with Gasteiger partial charge in [0.15, 0.2) is 5.76 Å². The summed E-state index contributed by atoms with van der Waals surface area (Å²) in [5.41, 5.74) is 1.95.